The summed E-state index contributed by atoms with van der Waals surface area (Å²) < 4.78 is 14.7. The fourth-order valence-electron chi connectivity index (χ4n) is 2.98. The van der Waals surface area contributed by atoms with Crippen molar-refractivity contribution in [2.45, 2.75) is 20.8 Å². The minimum absolute atomic E-state index is 0.156. The van der Waals surface area contributed by atoms with Crippen molar-refractivity contribution in [2.24, 2.45) is 18.0 Å². The van der Waals surface area contributed by atoms with Gasteiger partial charge in [0.2, 0.25) is 0 Å². The lowest BCUT2D eigenvalue weighted by molar-refractivity contribution is 0.257. The summed E-state index contributed by atoms with van der Waals surface area (Å²) in [6, 6.07) is 15.1. The van der Waals surface area contributed by atoms with Crippen molar-refractivity contribution >= 4 is 11.9 Å². The van der Waals surface area contributed by atoms with Crippen LogP contribution in [0, 0.1) is 12.8 Å². The van der Waals surface area contributed by atoms with E-state index >= 15 is 0 Å². The number of aromatic nitrogens is 2. The van der Waals surface area contributed by atoms with Crippen LogP contribution in [-0.2, 0) is 7.05 Å². The molecule has 2 aromatic carbocycles. The Morgan fingerprint density at radius 2 is 1.83 bits per heavy atom. The van der Waals surface area contributed by atoms with Crippen LogP contribution in [0.2, 0.25) is 0 Å². The van der Waals surface area contributed by atoms with Crippen LogP contribution in [0.4, 0.5) is 5.69 Å². The van der Waals surface area contributed by atoms with Gasteiger partial charge in [0.05, 0.1) is 25.1 Å². The third kappa shape index (κ3) is 4.42. The average molecular weight is 393 g/mol. The summed E-state index contributed by atoms with van der Waals surface area (Å²) >= 11 is 0. The van der Waals surface area contributed by atoms with Crippen LogP contribution in [0.15, 0.2) is 58.3 Å². The highest BCUT2D eigenvalue weighted by molar-refractivity contribution is 5.83. The molecular weight excluding hydrogens is 366 g/mol. The second-order valence-corrected chi connectivity index (χ2v) is 7.28. The van der Waals surface area contributed by atoms with E-state index in [1.54, 1.807) is 18.0 Å². The molecule has 6 heteroatoms. The average Bonchev–Trinajstić information content (AvgIpc) is 2.94. The Morgan fingerprint density at radius 3 is 2.48 bits per heavy atom. The van der Waals surface area contributed by atoms with Gasteiger partial charge in [0.15, 0.2) is 17.2 Å². The van der Waals surface area contributed by atoms with Crippen LogP contribution in [0.3, 0.4) is 0 Å². The quantitative estimate of drug-likeness (QED) is 0.563. The summed E-state index contributed by atoms with van der Waals surface area (Å²) in [5.41, 5.74) is 2.68. The predicted octanol–water partition coefficient (Wildman–Crippen LogP) is 4.28. The smallest absolute Gasteiger partial charge is 0.297 e. The van der Waals surface area contributed by atoms with E-state index in [1.165, 1.54) is 0 Å². The number of hydrogen-bond donors (Lipinski definition) is 0. The Bertz CT molecular complexity index is 1060. The van der Waals surface area contributed by atoms with Crippen LogP contribution in [0.5, 0.6) is 11.5 Å². The summed E-state index contributed by atoms with van der Waals surface area (Å²) in [6.07, 6.45) is 1.67. The van der Waals surface area contributed by atoms with Gasteiger partial charge in [0, 0.05) is 13.3 Å². The van der Waals surface area contributed by atoms with Gasteiger partial charge >= 0.3 is 0 Å². The fraction of sp³-hybridized carbons (Fsp3) is 0.304. The summed E-state index contributed by atoms with van der Waals surface area (Å²) in [5.74, 6) is 1.76. The van der Waals surface area contributed by atoms with Gasteiger partial charge in [0.1, 0.15) is 0 Å². The van der Waals surface area contributed by atoms with E-state index in [0.29, 0.717) is 29.7 Å². The molecule has 0 saturated carbocycles. The van der Waals surface area contributed by atoms with Crippen molar-refractivity contribution in [1.29, 1.82) is 0 Å². The Balaban J connectivity index is 1.92. The lowest BCUT2D eigenvalue weighted by atomic mass is 10.2. The first-order valence-electron chi connectivity index (χ1n) is 9.61. The van der Waals surface area contributed by atoms with Crippen LogP contribution < -0.4 is 15.0 Å². The van der Waals surface area contributed by atoms with E-state index in [0.717, 1.165) is 16.9 Å². The molecular formula is C23H27N3O3. The molecule has 0 amide bonds. The Hall–Kier alpha value is -3.28. The SMILES string of the molecule is COc1cc(C=Nc2c(C)n(C)n(-c3ccccc3)c2=O)ccc1OCC(C)C. The lowest BCUT2D eigenvalue weighted by Crippen LogP contribution is -2.19. The fourth-order valence-corrected chi connectivity index (χ4v) is 2.98. The molecule has 0 atom stereocenters. The number of ether oxygens (including phenoxy) is 2. The highest BCUT2D eigenvalue weighted by Crippen LogP contribution is 2.28. The van der Waals surface area contributed by atoms with Crippen molar-refractivity contribution in [3.63, 3.8) is 0 Å². The van der Waals surface area contributed by atoms with Gasteiger partial charge < -0.3 is 9.47 Å². The van der Waals surface area contributed by atoms with Crippen LogP contribution in [0.25, 0.3) is 5.69 Å². The lowest BCUT2D eigenvalue weighted by Gasteiger charge is -2.12. The summed E-state index contributed by atoms with van der Waals surface area (Å²) in [6.45, 7) is 6.69. The number of benzene rings is 2. The first-order valence-corrected chi connectivity index (χ1v) is 9.61. The molecule has 1 aromatic heterocycles. The highest BCUT2D eigenvalue weighted by atomic mass is 16.5. The molecule has 0 fully saturated rings. The first-order chi connectivity index (χ1) is 13.9. The predicted molar refractivity (Wildman–Crippen MR) is 116 cm³/mol. The third-order valence-electron chi connectivity index (χ3n) is 4.63. The molecule has 3 rings (SSSR count). The Morgan fingerprint density at radius 1 is 1.10 bits per heavy atom. The van der Waals surface area contributed by atoms with E-state index in [9.17, 15) is 4.79 Å². The molecule has 0 bridgehead atoms. The molecule has 0 radical (unpaired) electrons. The maximum Gasteiger partial charge on any atom is 0.297 e. The van der Waals surface area contributed by atoms with Crippen molar-refractivity contribution in [3.05, 3.63) is 70.1 Å². The number of aliphatic imine (C=N–C) groups is 1. The van der Waals surface area contributed by atoms with Crippen molar-refractivity contribution in [1.82, 2.24) is 9.36 Å². The molecule has 0 N–H and O–H groups in total. The zero-order valence-corrected chi connectivity index (χ0v) is 17.5. The van der Waals surface area contributed by atoms with Crippen molar-refractivity contribution < 1.29 is 9.47 Å². The van der Waals surface area contributed by atoms with Crippen molar-refractivity contribution in [3.8, 4) is 17.2 Å². The summed E-state index contributed by atoms with van der Waals surface area (Å²) in [7, 11) is 3.46. The summed E-state index contributed by atoms with van der Waals surface area (Å²) in [5, 5.41) is 0. The molecule has 0 aliphatic rings. The normalized spacial score (nSPS) is 11.4. The molecule has 6 nitrogen and oxygen atoms in total. The molecule has 152 valence electrons. The number of methoxy groups -OCH3 is 1. The standard InChI is InChI=1S/C23H27N3O3/c1-16(2)15-29-20-12-11-18(13-21(20)28-5)14-24-22-17(3)25(4)26(23(22)27)19-9-7-6-8-10-19/h6-14,16H,15H2,1-5H3. The molecule has 0 saturated heterocycles. The van der Waals surface area contributed by atoms with Crippen molar-refractivity contribution in [2.75, 3.05) is 13.7 Å². The largest absolute Gasteiger partial charge is 0.493 e. The number of para-hydroxylation sites is 1. The Labute approximate surface area is 171 Å². The second kappa shape index (κ2) is 8.82. The van der Waals surface area contributed by atoms with Gasteiger partial charge in [-0.05, 0) is 48.7 Å². The molecule has 0 aliphatic heterocycles. The number of nitrogens with zero attached hydrogens (tertiary/aromatic N) is 3. The third-order valence-corrected chi connectivity index (χ3v) is 4.63. The second-order valence-electron chi connectivity index (χ2n) is 7.28. The zero-order chi connectivity index (χ0) is 21.0. The number of hydrogen-bond acceptors (Lipinski definition) is 4. The molecule has 29 heavy (non-hydrogen) atoms. The molecule has 0 aliphatic carbocycles. The van der Waals surface area contributed by atoms with E-state index in [4.69, 9.17) is 9.47 Å². The van der Waals surface area contributed by atoms with E-state index in [1.807, 2.05) is 67.2 Å². The molecule has 0 spiro atoms. The maximum atomic E-state index is 12.9. The monoisotopic (exact) mass is 393 g/mol. The van der Waals surface area contributed by atoms with Crippen LogP contribution in [0.1, 0.15) is 25.1 Å². The maximum absolute atomic E-state index is 12.9. The zero-order valence-electron chi connectivity index (χ0n) is 17.5. The Kier molecular flexibility index (Phi) is 6.22. The molecule has 1 heterocycles. The van der Waals surface area contributed by atoms with Gasteiger partial charge in [-0.2, -0.15) is 0 Å². The van der Waals surface area contributed by atoms with E-state index < -0.39 is 0 Å². The van der Waals surface area contributed by atoms with E-state index in [2.05, 4.69) is 18.8 Å². The van der Waals surface area contributed by atoms with Crippen LogP contribution in [-0.4, -0.2) is 29.3 Å². The highest BCUT2D eigenvalue weighted by Gasteiger charge is 2.15. The number of rotatable bonds is 7. The topological polar surface area (TPSA) is 57.8 Å². The molecule has 3 aromatic rings. The summed E-state index contributed by atoms with van der Waals surface area (Å²) in [4.78, 5) is 17.4. The molecule has 0 unspecified atom stereocenters. The van der Waals surface area contributed by atoms with Gasteiger partial charge in [-0.25, -0.2) is 9.67 Å². The van der Waals surface area contributed by atoms with Crippen LogP contribution >= 0.6 is 0 Å². The van der Waals surface area contributed by atoms with Gasteiger partial charge in [-0.1, -0.05) is 32.0 Å². The minimum Gasteiger partial charge on any atom is -0.493 e. The van der Waals surface area contributed by atoms with Gasteiger partial charge in [0.25, 0.3) is 5.56 Å². The minimum atomic E-state index is -0.156. The van der Waals surface area contributed by atoms with Gasteiger partial charge in [-0.3, -0.25) is 9.48 Å². The van der Waals surface area contributed by atoms with E-state index in [-0.39, 0.29) is 5.56 Å². The van der Waals surface area contributed by atoms with Gasteiger partial charge in [-0.15, -0.1) is 0 Å². The first kappa shape index (κ1) is 20.5.